The first kappa shape index (κ1) is 23.3. The van der Waals surface area contributed by atoms with Crippen LogP contribution in [-0.2, 0) is 4.74 Å². The largest absolute Gasteiger partial charge is 0.444 e. The number of ether oxygens (including phenoxy) is 1. The number of carbonyl (C=O) groups excluding carboxylic acids is 1. The lowest BCUT2D eigenvalue weighted by molar-refractivity contribution is 0.0527. The van der Waals surface area contributed by atoms with Gasteiger partial charge in [-0.15, -0.1) is 24.0 Å². The summed E-state index contributed by atoms with van der Waals surface area (Å²) < 4.78 is 5.23. The molecule has 1 spiro atoms. The van der Waals surface area contributed by atoms with Crippen LogP contribution in [0, 0.1) is 5.41 Å². The van der Waals surface area contributed by atoms with Gasteiger partial charge in [0.15, 0.2) is 5.96 Å². The Morgan fingerprint density at radius 2 is 1.88 bits per heavy atom. The zero-order chi connectivity index (χ0) is 18.3. The van der Waals surface area contributed by atoms with Crippen LogP contribution in [0.1, 0.15) is 66.2 Å². The van der Waals surface area contributed by atoms with Gasteiger partial charge in [0.05, 0.1) is 0 Å². The quantitative estimate of drug-likeness (QED) is 0.272. The molecule has 2 fully saturated rings. The van der Waals surface area contributed by atoms with E-state index in [0.717, 1.165) is 32.0 Å². The Balaban J connectivity index is 0.00000338. The van der Waals surface area contributed by atoms with E-state index in [1.807, 2.05) is 20.8 Å². The molecule has 0 radical (unpaired) electrons. The van der Waals surface area contributed by atoms with Crippen molar-refractivity contribution in [3.63, 3.8) is 0 Å². The lowest BCUT2D eigenvalue weighted by Crippen LogP contribution is -2.41. The summed E-state index contributed by atoms with van der Waals surface area (Å²) in [5.41, 5.74) is 0.0981. The summed E-state index contributed by atoms with van der Waals surface area (Å²) in [6.45, 7) is 12.2. The van der Waals surface area contributed by atoms with Crippen molar-refractivity contribution in [3.05, 3.63) is 0 Å². The molecule has 7 heteroatoms. The van der Waals surface area contributed by atoms with E-state index in [9.17, 15) is 4.79 Å². The summed E-state index contributed by atoms with van der Waals surface area (Å²) in [7, 11) is 0. The fraction of sp³-hybridized carbons (Fsp3) is 0.895. The van der Waals surface area contributed by atoms with E-state index in [0.29, 0.717) is 18.5 Å². The zero-order valence-electron chi connectivity index (χ0n) is 16.9. The van der Waals surface area contributed by atoms with Crippen molar-refractivity contribution < 1.29 is 9.53 Å². The molecule has 1 aliphatic carbocycles. The second-order valence-electron chi connectivity index (χ2n) is 8.40. The Hall–Kier alpha value is -0.730. The molecular formula is C19H37IN4O2. The van der Waals surface area contributed by atoms with Crippen LogP contribution in [0.4, 0.5) is 4.79 Å². The molecule has 2 rings (SSSR count). The number of alkyl carbamates (subject to hydrolysis) is 1. The molecule has 1 saturated heterocycles. The molecule has 2 N–H and O–H groups in total. The van der Waals surface area contributed by atoms with Gasteiger partial charge < -0.3 is 20.3 Å². The minimum absolute atomic E-state index is 0. The van der Waals surface area contributed by atoms with Crippen LogP contribution in [0.25, 0.3) is 0 Å². The number of nitrogens with one attached hydrogen (secondary N) is 2. The molecule has 152 valence electrons. The maximum atomic E-state index is 11.6. The smallest absolute Gasteiger partial charge is 0.407 e. The fourth-order valence-electron chi connectivity index (χ4n) is 3.84. The first-order chi connectivity index (χ1) is 11.8. The van der Waals surface area contributed by atoms with Crippen LogP contribution in [-0.4, -0.2) is 55.3 Å². The molecule has 1 saturated carbocycles. The molecule has 2 aliphatic rings. The van der Waals surface area contributed by atoms with Gasteiger partial charge in [0, 0.05) is 32.7 Å². The minimum atomic E-state index is -0.452. The van der Waals surface area contributed by atoms with Crippen molar-refractivity contribution in [2.75, 3.05) is 32.7 Å². The lowest BCUT2D eigenvalue weighted by atomic mass is 9.86. The van der Waals surface area contributed by atoms with Crippen LogP contribution < -0.4 is 10.6 Å². The lowest BCUT2D eigenvalue weighted by Gasteiger charge is -2.26. The average molecular weight is 480 g/mol. The first-order valence-electron chi connectivity index (χ1n) is 9.84. The van der Waals surface area contributed by atoms with E-state index in [-0.39, 0.29) is 30.1 Å². The van der Waals surface area contributed by atoms with Gasteiger partial charge in [0.2, 0.25) is 0 Å². The standard InChI is InChI=1S/C19H36N4O2.HI/c1-5-20-16(23-14-11-19(15-23)9-6-7-10-19)21-12-8-13-22-17(24)25-18(2,3)4;/h5-15H2,1-4H3,(H,20,21)(H,22,24);1H. The highest BCUT2D eigenvalue weighted by Gasteiger charge is 2.41. The summed E-state index contributed by atoms with van der Waals surface area (Å²) >= 11 is 0. The maximum absolute atomic E-state index is 11.6. The van der Waals surface area contributed by atoms with Crippen molar-refractivity contribution in [2.24, 2.45) is 10.4 Å². The zero-order valence-corrected chi connectivity index (χ0v) is 19.2. The highest BCUT2D eigenvalue weighted by atomic mass is 127. The Labute approximate surface area is 175 Å². The third kappa shape index (κ3) is 7.48. The molecular weight excluding hydrogens is 443 g/mol. The number of aliphatic imine (C=N–C) groups is 1. The van der Waals surface area contributed by atoms with Gasteiger partial charge in [-0.05, 0) is 58.8 Å². The fourth-order valence-corrected chi connectivity index (χ4v) is 3.84. The molecule has 0 atom stereocenters. The third-order valence-corrected chi connectivity index (χ3v) is 5.00. The molecule has 0 aromatic heterocycles. The second kappa shape index (κ2) is 10.6. The first-order valence-corrected chi connectivity index (χ1v) is 9.84. The van der Waals surface area contributed by atoms with Crippen molar-refractivity contribution >= 4 is 36.0 Å². The van der Waals surface area contributed by atoms with Crippen molar-refractivity contribution in [3.8, 4) is 0 Å². The number of hydrogen-bond acceptors (Lipinski definition) is 3. The summed E-state index contributed by atoms with van der Waals surface area (Å²) in [5, 5.41) is 6.22. The summed E-state index contributed by atoms with van der Waals surface area (Å²) in [4.78, 5) is 18.8. The second-order valence-corrected chi connectivity index (χ2v) is 8.40. The normalized spacial score (nSPS) is 19.4. The van der Waals surface area contributed by atoms with Gasteiger partial charge in [0.25, 0.3) is 0 Å². The molecule has 0 aromatic carbocycles. The van der Waals surface area contributed by atoms with E-state index < -0.39 is 5.60 Å². The maximum Gasteiger partial charge on any atom is 0.407 e. The molecule has 0 unspecified atom stereocenters. The molecule has 0 aromatic rings. The summed E-state index contributed by atoms with van der Waals surface area (Å²) in [6.07, 6.45) is 7.29. The Bertz CT molecular complexity index is 471. The van der Waals surface area contributed by atoms with E-state index in [1.165, 1.54) is 32.1 Å². The number of rotatable bonds is 5. The van der Waals surface area contributed by atoms with Gasteiger partial charge in [-0.1, -0.05) is 12.8 Å². The van der Waals surface area contributed by atoms with E-state index in [4.69, 9.17) is 9.73 Å². The predicted octanol–water partition coefficient (Wildman–Crippen LogP) is 3.75. The van der Waals surface area contributed by atoms with Gasteiger partial charge in [-0.2, -0.15) is 0 Å². The molecule has 0 bridgehead atoms. The van der Waals surface area contributed by atoms with Gasteiger partial charge in [-0.3, -0.25) is 4.99 Å². The van der Waals surface area contributed by atoms with Crippen LogP contribution >= 0.6 is 24.0 Å². The Kier molecular flexibility index (Phi) is 9.47. The van der Waals surface area contributed by atoms with E-state index >= 15 is 0 Å². The Morgan fingerprint density at radius 3 is 2.50 bits per heavy atom. The van der Waals surface area contributed by atoms with Gasteiger partial charge in [-0.25, -0.2) is 4.79 Å². The number of guanidine groups is 1. The van der Waals surface area contributed by atoms with Crippen LogP contribution in [0.15, 0.2) is 4.99 Å². The molecule has 1 amide bonds. The van der Waals surface area contributed by atoms with Crippen LogP contribution in [0.2, 0.25) is 0 Å². The van der Waals surface area contributed by atoms with Crippen LogP contribution in [0.3, 0.4) is 0 Å². The third-order valence-electron chi connectivity index (χ3n) is 5.00. The average Bonchev–Trinajstić information content (AvgIpc) is 3.14. The van der Waals surface area contributed by atoms with Crippen molar-refractivity contribution in [1.29, 1.82) is 0 Å². The van der Waals surface area contributed by atoms with Crippen molar-refractivity contribution in [2.45, 2.75) is 71.8 Å². The predicted molar refractivity (Wildman–Crippen MR) is 117 cm³/mol. The number of carbonyl (C=O) groups is 1. The number of hydrogen-bond donors (Lipinski definition) is 2. The highest BCUT2D eigenvalue weighted by molar-refractivity contribution is 14.0. The van der Waals surface area contributed by atoms with Crippen molar-refractivity contribution in [1.82, 2.24) is 15.5 Å². The number of halogens is 1. The molecule has 1 aliphatic heterocycles. The molecule has 26 heavy (non-hydrogen) atoms. The monoisotopic (exact) mass is 480 g/mol. The number of likely N-dealkylation sites (tertiary alicyclic amines) is 1. The molecule has 6 nitrogen and oxygen atoms in total. The minimum Gasteiger partial charge on any atom is -0.444 e. The SMILES string of the molecule is CCNC(=NCCCNC(=O)OC(C)(C)C)N1CCC2(CCCC2)C1.I. The number of amides is 1. The van der Waals surface area contributed by atoms with Gasteiger partial charge >= 0.3 is 6.09 Å². The highest BCUT2D eigenvalue weighted by Crippen LogP contribution is 2.45. The van der Waals surface area contributed by atoms with E-state index in [1.54, 1.807) is 0 Å². The summed E-state index contributed by atoms with van der Waals surface area (Å²) in [5.74, 6) is 1.03. The van der Waals surface area contributed by atoms with E-state index in [2.05, 4.69) is 22.5 Å². The Morgan fingerprint density at radius 1 is 1.19 bits per heavy atom. The summed E-state index contributed by atoms with van der Waals surface area (Å²) in [6, 6.07) is 0. The number of nitrogens with zero attached hydrogens (tertiary/aromatic N) is 2. The topological polar surface area (TPSA) is 66.0 Å². The van der Waals surface area contributed by atoms with Gasteiger partial charge in [0.1, 0.15) is 5.60 Å². The van der Waals surface area contributed by atoms with Crippen LogP contribution in [0.5, 0.6) is 0 Å². The molecule has 1 heterocycles.